The third-order valence-electron chi connectivity index (χ3n) is 3.27. The lowest BCUT2D eigenvalue weighted by molar-refractivity contribution is 0.404. The van der Waals surface area contributed by atoms with E-state index in [1.165, 1.54) is 4.88 Å². The Labute approximate surface area is 115 Å². The number of alkyl halides is 1. The third-order valence-corrected chi connectivity index (χ3v) is 6.83. The first kappa shape index (κ1) is 13.5. The predicted molar refractivity (Wildman–Crippen MR) is 74.6 cm³/mol. The highest BCUT2D eigenvalue weighted by atomic mass is 79.9. The Hall–Kier alpha value is 0.0600. The van der Waals surface area contributed by atoms with E-state index < -0.39 is 9.84 Å². The van der Waals surface area contributed by atoms with Crippen LogP contribution in [0.25, 0.3) is 0 Å². The van der Waals surface area contributed by atoms with Crippen LogP contribution in [0, 0.1) is 18.8 Å². The molecule has 0 spiro atoms. The second-order valence-corrected chi connectivity index (χ2v) is 8.82. The summed E-state index contributed by atoms with van der Waals surface area (Å²) in [5.74, 6) is 1.44. The second-order valence-electron chi connectivity index (χ2n) is 4.63. The van der Waals surface area contributed by atoms with Crippen LogP contribution >= 0.6 is 27.3 Å². The molecular weight excluding hydrogens is 322 g/mol. The quantitative estimate of drug-likeness (QED) is 0.793. The Morgan fingerprint density at radius 3 is 2.88 bits per heavy atom. The Bertz CT molecular complexity index is 483. The van der Waals surface area contributed by atoms with Gasteiger partial charge in [0.1, 0.15) is 0 Å². The van der Waals surface area contributed by atoms with Crippen molar-refractivity contribution >= 4 is 37.1 Å². The normalized spacial score (nSPS) is 24.9. The second kappa shape index (κ2) is 5.36. The average molecular weight is 338 g/mol. The van der Waals surface area contributed by atoms with Crippen molar-refractivity contribution in [2.75, 3.05) is 16.8 Å². The molecule has 0 bridgehead atoms. The molecule has 0 N–H and O–H groups in total. The molecule has 0 amide bonds. The molecule has 1 aliphatic rings. The van der Waals surface area contributed by atoms with Gasteiger partial charge in [-0.2, -0.15) is 0 Å². The molecule has 2 rings (SSSR count). The van der Waals surface area contributed by atoms with E-state index in [0.717, 1.165) is 23.2 Å². The minimum absolute atomic E-state index is 0.307. The SMILES string of the molecule is Cc1ncc(CC(CBr)C2CCS(=O)(=O)C2)s1. The number of halogens is 1. The standard InChI is InChI=1S/C11H16BrNO2S2/c1-8-13-6-11(16-8)4-10(5-12)9-2-3-17(14,15)7-9/h6,9-10H,2-5,7H2,1H3. The maximum absolute atomic E-state index is 11.5. The molecular formula is C11H16BrNO2S2. The summed E-state index contributed by atoms with van der Waals surface area (Å²) in [6, 6.07) is 0. The number of sulfone groups is 1. The maximum Gasteiger partial charge on any atom is 0.150 e. The summed E-state index contributed by atoms with van der Waals surface area (Å²) in [7, 11) is -2.77. The van der Waals surface area contributed by atoms with Crippen molar-refractivity contribution in [3.05, 3.63) is 16.1 Å². The summed E-state index contributed by atoms with van der Waals surface area (Å²) in [4.78, 5) is 5.50. The summed E-state index contributed by atoms with van der Waals surface area (Å²) in [6.45, 7) is 2.00. The molecule has 17 heavy (non-hydrogen) atoms. The third kappa shape index (κ3) is 3.51. The van der Waals surface area contributed by atoms with E-state index in [-0.39, 0.29) is 0 Å². The molecule has 0 radical (unpaired) electrons. The molecule has 0 aromatic carbocycles. The van der Waals surface area contributed by atoms with Gasteiger partial charge in [-0.15, -0.1) is 11.3 Å². The summed E-state index contributed by atoms with van der Waals surface area (Å²) < 4.78 is 23.0. The minimum atomic E-state index is -2.77. The van der Waals surface area contributed by atoms with Gasteiger partial charge in [0.2, 0.25) is 0 Å². The number of aryl methyl sites for hydroxylation is 1. The zero-order valence-corrected chi connectivity index (χ0v) is 12.9. The van der Waals surface area contributed by atoms with Gasteiger partial charge in [0.25, 0.3) is 0 Å². The molecule has 1 aromatic rings. The largest absolute Gasteiger partial charge is 0.250 e. The van der Waals surface area contributed by atoms with E-state index in [1.807, 2.05) is 13.1 Å². The van der Waals surface area contributed by atoms with Gasteiger partial charge in [0.05, 0.1) is 16.5 Å². The van der Waals surface area contributed by atoms with Gasteiger partial charge in [-0.1, -0.05) is 15.9 Å². The molecule has 0 saturated carbocycles. The van der Waals surface area contributed by atoms with Gasteiger partial charge in [-0.05, 0) is 31.6 Å². The average Bonchev–Trinajstić information content (AvgIpc) is 2.81. The Morgan fingerprint density at radius 2 is 2.41 bits per heavy atom. The first-order chi connectivity index (χ1) is 8.00. The highest BCUT2D eigenvalue weighted by Crippen LogP contribution is 2.31. The molecule has 2 atom stereocenters. The van der Waals surface area contributed by atoms with Gasteiger partial charge in [-0.25, -0.2) is 13.4 Å². The number of thiazole rings is 1. The van der Waals surface area contributed by atoms with Crippen molar-refractivity contribution in [3.8, 4) is 0 Å². The zero-order chi connectivity index (χ0) is 12.5. The van der Waals surface area contributed by atoms with Gasteiger partial charge < -0.3 is 0 Å². The molecule has 96 valence electrons. The summed E-state index contributed by atoms with van der Waals surface area (Å²) in [5.41, 5.74) is 0. The van der Waals surface area contributed by atoms with Gasteiger partial charge in [0, 0.05) is 16.4 Å². The van der Waals surface area contributed by atoms with E-state index in [2.05, 4.69) is 20.9 Å². The van der Waals surface area contributed by atoms with Gasteiger partial charge in [-0.3, -0.25) is 0 Å². The van der Waals surface area contributed by atoms with Crippen molar-refractivity contribution in [2.24, 2.45) is 11.8 Å². The van der Waals surface area contributed by atoms with Gasteiger partial charge in [0.15, 0.2) is 9.84 Å². The van der Waals surface area contributed by atoms with Crippen LogP contribution in [-0.2, 0) is 16.3 Å². The fourth-order valence-electron chi connectivity index (χ4n) is 2.30. The molecule has 1 aromatic heterocycles. The lowest BCUT2D eigenvalue weighted by Gasteiger charge is -2.19. The summed E-state index contributed by atoms with van der Waals surface area (Å²) in [5, 5.41) is 1.94. The highest BCUT2D eigenvalue weighted by Gasteiger charge is 2.33. The van der Waals surface area contributed by atoms with E-state index in [9.17, 15) is 8.42 Å². The van der Waals surface area contributed by atoms with Crippen LogP contribution < -0.4 is 0 Å². The number of aromatic nitrogens is 1. The molecule has 1 saturated heterocycles. The summed E-state index contributed by atoms with van der Waals surface area (Å²) >= 11 is 5.23. The van der Waals surface area contributed by atoms with Crippen LogP contribution in [0.5, 0.6) is 0 Å². The Kier molecular flexibility index (Phi) is 4.26. The van der Waals surface area contributed by atoms with Crippen LogP contribution in [-0.4, -0.2) is 30.2 Å². The minimum Gasteiger partial charge on any atom is -0.250 e. The van der Waals surface area contributed by atoms with Crippen LogP contribution in [0.15, 0.2) is 6.20 Å². The molecule has 1 aliphatic heterocycles. The van der Waals surface area contributed by atoms with E-state index in [0.29, 0.717) is 23.3 Å². The molecule has 2 unspecified atom stereocenters. The van der Waals surface area contributed by atoms with Crippen molar-refractivity contribution in [1.82, 2.24) is 4.98 Å². The lowest BCUT2D eigenvalue weighted by atomic mass is 9.90. The monoisotopic (exact) mass is 337 g/mol. The number of hydrogen-bond donors (Lipinski definition) is 0. The number of nitrogens with zero attached hydrogens (tertiary/aromatic N) is 1. The van der Waals surface area contributed by atoms with E-state index >= 15 is 0 Å². The molecule has 0 aliphatic carbocycles. The number of rotatable bonds is 4. The first-order valence-electron chi connectivity index (χ1n) is 5.68. The molecule has 3 nitrogen and oxygen atoms in total. The topological polar surface area (TPSA) is 47.0 Å². The van der Waals surface area contributed by atoms with Crippen LogP contribution in [0.2, 0.25) is 0 Å². The van der Waals surface area contributed by atoms with Crippen LogP contribution in [0.1, 0.15) is 16.3 Å². The van der Waals surface area contributed by atoms with Crippen LogP contribution in [0.3, 0.4) is 0 Å². The maximum atomic E-state index is 11.5. The van der Waals surface area contributed by atoms with Crippen molar-refractivity contribution in [3.63, 3.8) is 0 Å². The van der Waals surface area contributed by atoms with Crippen molar-refractivity contribution in [2.45, 2.75) is 19.8 Å². The fraction of sp³-hybridized carbons (Fsp3) is 0.727. The summed E-state index contributed by atoms with van der Waals surface area (Å²) in [6.07, 6.45) is 3.67. The predicted octanol–water partition coefficient (Wildman–Crippen LogP) is 2.44. The van der Waals surface area contributed by atoms with Crippen LogP contribution in [0.4, 0.5) is 0 Å². The molecule has 1 fully saturated rings. The lowest BCUT2D eigenvalue weighted by Crippen LogP contribution is -2.19. The smallest absolute Gasteiger partial charge is 0.150 e. The first-order valence-corrected chi connectivity index (χ1v) is 9.44. The Balaban J connectivity index is 2.02. The van der Waals surface area contributed by atoms with Crippen molar-refractivity contribution < 1.29 is 8.42 Å². The zero-order valence-electron chi connectivity index (χ0n) is 9.73. The molecule has 2 heterocycles. The van der Waals surface area contributed by atoms with E-state index in [1.54, 1.807) is 11.3 Å². The van der Waals surface area contributed by atoms with Gasteiger partial charge >= 0.3 is 0 Å². The van der Waals surface area contributed by atoms with E-state index in [4.69, 9.17) is 0 Å². The number of hydrogen-bond acceptors (Lipinski definition) is 4. The Morgan fingerprint density at radius 1 is 1.65 bits per heavy atom. The highest BCUT2D eigenvalue weighted by molar-refractivity contribution is 9.09. The van der Waals surface area contributed by atoms with Crippen molar-refractivity contribution in [1.29, 1.82) is 0 Å². The fourth-order valence-corrected chi connectivity index (χ4v) is 5.87. The molecule has 6 heteroatoms.